The highest BCUT2D eigenvalue weighted by atomic mass is 35.5. The summed E-state index contributed by atoms with van der Waals surface area (Å²) in [5.74, 6) is -1.79. The Labute approximate surface area is 158 Å². The van der Waals surface area contributed by atoms with Gasteiger partial charge in [0.25, 0.3) is 0 Å². The Balaban J connectivity index is 1.71. The van der Waals surface area contributed by atoms with Crippen molar-refractivity contribution < 1.29 is 22.8 Å². The number of alkyl halides is 3. The molecule has 4 nitrogen and oxygen atoms in total. The van der Waals surface area contributed by atoms with Crippen LogP contribution in [0.1, 0.15) is 17.5 Å². The Morgan fingerprint density at radius 3 is 2.48 bits per heavy atom. The van der Waals surface area contributed by atoms with E-state index in [-0.39, 0.29) is 11.6 Å². The zero-order valence-corrected chi connectivity index (χ0v) is 15.1. The van der Waals surface area contributed by atoms with Crippen LogP contribution in [0.4, 0.5) is 24.5 Å². The van der Waals surface area contributed by atoms with Crippen molar-refractivity contribution in [1.29, 1.82) is 0 Å². The Hall–Kier alpha value is -2.54. The van der Waals surface area contributed by atoms with E-state index in [1.807, 2.05) is 6.92 Å². The molecule has 1 N–H and O–H groups in total. The standard InChI is InChI=1S/C19H16ClF3N2O2/c1-11-2-5-13(20)10-16(11)25-9-8-15(18(25)27)17(26)24-14-6-3-12(4-7-14)19(21,22)23/h2-7,10,15H,8-9H2,1H3,(H,24,26)/t15-/m0/s1. The lowest BCUT2D eigenvalue weighted by atomic mass is 10.1. The summed E-state index contributed by atoms with van der Waals surface area (Å²) in [6.07, 6.45) is -4.13. The van der Waals surface area contributed by atoms with E-state index in [4.69, 9.17) is 11.6 Å². The second-order valence-corrected chi connectivity index (χ2v) is 6.76. The van der Waals surface area contributed by atoms with Crippen molar-refractivity contribution >= 4 is 34.8 Å². The molecule has 0 radical (unpaired) electrons. The Bertz CT molecular complexity index is 882. The van der Waals surface area contributed by atoms with Crippen molar-refractivity contribution in [2.75, 3.05) is 16.8 Å². The molecule has 1 saturated heterocycles. The second kappa shape index (κ2) is 7.23. The summed E-state index contributed by atoms with van der Waals surface area (Å²) in [6.45, 7) is 2.21. The van der Waals surface area contributed by atoms with Gasteiger partial charge in [-0.15, -0.1) is 0 Å². The minimum absolute atomic E-state index is 0.207. The van der Waals surface area contributed by atoms with Crippen LogP contribution in [-0.2, 0) is 15.8 Å². The number of benzene rings is 2. The van der Waals surface area contributed by atoms with Gasteiger partial charge in [-0.05, 0) is 55.3 Å². The lowest BCUT2D eigenvalue weighted by Gasteiger charge is -2.19. The molecule has 1 atom stereocenters. The number of anilines is 2. The topological polar surface area (TPSA) is 49.4 Å². The van der Waals surface area contributed by atoms with Crippen molar-refractivity contribution in [3.8, 4) is 0 Å². The number of halogens is 4. The number of nitrogens with zero attached hydrogens (tertiary/aromatic N) is 1. The molecule has 1 aliphatic rings. The Morgan fingerprint density at radius 1 is 1.19 bits per heavy atom. The third-order valence-corrected chi connectivity index (χ3v) is 4.70. The molecule has 27 heavy (non-hydrogen) atoms. The van der Waals surface area contributed by atoms with E-state index in [1.54, 1.807) is 18.2 Å². The fourth-order valence-corrected chi connectivity index (χ4v) is 3.17. The molecule has 142 valence electrons. The molecule has 1 heterocycles. The summed E-state index contributed by atoms with van der Waals surface area (Å²) in [5.41, 5.74) is 0.909. The van der Waals surface area contributed by atoms with Crippen LogP contribution in [0.3, 0.4) is 0 Å². The maximum absolute atomic E-state index is 12.7. The predicted octanol–water partition coefficient (Wildman–Crippen LogP) is 4.66. The molecule has 3 rings (SSSR count). The van der Waals surface area contributed by atoms with Gasteiger partial charge in [0, 0.05) is 22.9 Å². The fraction of sp³-hybridized carbons (Fsp3) is 0.263. The van der Waals surface area contributed by atoms with Gasteiger partial charge in [0.05, 0.1) is 5.56 Å². The van der Waals surface area contributed by atoms with Crippen molar-refractivity contribution in [1.82, 2.24) is 0 Å². The third-order valence-electron chi connectivity index (χ3n) is 4.46. The minimum Gasteiger partial charge on any atom is -0.325 e. The number of aryl methyl sites for hydroxylation is 1. The molecular formula is C19H16ClF3N2O2. The fourth-order valence-electron chi connectivity index (χ4n) is 3.01. The maximum Gasteiger partial charge on any atom is 0.416 e. The molecule has 0 saturated carbocycles. The summed E-state index contributed by atoms with van der Waals surface area (Å²) >= 11 is 6.00. The first-order valence-corrected chi connectivity index (χ1v) is 8.60. The summed E-state index contributed by atoms with van der Waals surface area (Å²) in [5, 5.41) is 3.00. The lowest BCUT2D eigenvalue weighted by molar-refractivity contribution is -0.137. The Morgan fingerprint density at radius 2 is 1.85 bits per heavy atom. The van der Waals surface area contributed by atoms with E-state index in [9.17, 15) is 22.8 Å². The maximum atomic E-state index is 12.7. The first kappa shape index (κ1) is 19.2. The number of rotatable bonds is 3. The Kier molecular flexibility index (Phi) is 5.15. The molecule has 2 aromatic carbocycles. The molecular weight excluding hydrogens is 381 g/mol. The van der Waals surface area contributed by atoms with Gasteiger partial charge in [0.2, 0.25) is 11.8 Å². The second-order valence-electron chi connectivity index (χ2n) is 6.33. The summed E-state index contributed by atoms with van der Waals surface area (Å²) in [6, 6.07) is 9.28. The van der Waals surface area contributed by atoms with Crippen molar-refractivity contribution in [3.05, 3.63) is 58.6 Å². The van der Waals surface area contributed by atoms with Gasteiger partial charge >= 0.3 is 6.18 Å². The van der Waals surface area contributed by atoms with E-state index in [0.29, 0.717) is 23.7 Å². The highest BCUT2D eigenvalue weighted by molar-refractivity contribution is 6.31. The number of nitrogens with one attached hydrogen (secondary N) is 1. The molecule has 0 unspecified atom stereocenters. The number of carbonyl (C=O) groups excluding carboxylic acids is 2. The van der Waals surface area contributed by atoms with Gasteiger partial charge in [-0.1, -0.05) is 17.7 Å². The van der Waals surface area contributed by atoms with Gasteiger partial charge in [-0.3, -0.25) is 9.59 Å². The van der Waals surface area contributed by atoms with Crippen LogP contribution in [-0.4, -0.2) is 18.4 Å². The van der Waals surface area contributed by atoms with E-state index in [1.165, 1.54) is 17.0 Å². The lowest BCUT2D eigenvalue weighted by Crippen LogP contribution is -2.33. The largest absolute Gasteiger partial charge is 0.416 e. The van der Waals surface area contributed by atoms with E-state index >= 15 is 0 Å². The van der Waals surface area contributed by atoms with Crippen LogP contribution in [0.2, 0.25) is 5.02 Å². The smallest absolute Gasteiger partial charge is 0.325 e. The van der Waals surface area contributed by atoms with Crippen molar-refractivity contribution in [2.45, 2.75) is 19.5 Å². The van der Waals surface area contributed by atoms with Gasteiger partial charge in [-0.25, -0.2) is 0 Å². The molecule has 0 spiro atoms. The van der Waals surface area contributed by atoms with Crippen LogP contribution in [0.15, 0.2) is 42.5 Å². The van der Waals surface area contributed by atoms with Crippen LogP contribution < -0.4 is 10.2 Å². The number of hydrogen-bond donors (Lipinski definition) is 1. The minimum atomic E-state index is -4.45. The normalized spacial score (nSPS) is 17.3. The van der Waals surface area contributed by atoms with Gasteiger partial charge in [0.1, 0.15) is 5.92 Å². The predicted molar refractivity (Wildman–Crippen MR) is 96.7 cm³/mol. The number of amides is 2. The molecule has 0 bridgehead atoms. The van der Waals surface area contributed by atoms with Crippen molar-refractivity contribution in [2.24, 2.45) is 5.92 Å². The summed E-state index contributed by atoms with van der Waals surface area (Å²) < 4.78 is 37.8. The molecule has 2 amide bonds. The molecule has 1 fully saturated rings. The highest BCUT2D eigenvalue weighted by Crippen LogP contribution is 2.32. The first-order chi connectivity index (χ1) is 12.7. The van der Waals surface area contributed by atoms with Gasteiger partial charge in [-0.2, -0.15) is 13.2 Å². The highest BCUT2D eigenvalue weighted by Gasteiger charge is 2.38. The molecule has 2 aromatic rings. The summed E-state index contributed by atoms with van der Waals surface area (Å²) in [7, 11) is 0. The zero-order valence-electron chi connectivity index (χ0n) is 14.3. The molecule has 0 aromatic heterocycles. The monoisotopic (exact) mass is 396 g/mol. The molecule has 0 aliphatic carbocycles. The van der Waals surface area contributed by atoms with Crippen LogP contribution >= 0.6 is 11.6 Å². The van der Waals surface area contributed by atoms with Crippen LogP contribution in [0, 0.1) is 12.8 Å². The van der Waals surface area contributed by atoms with E-state index < -0.39 is 23.6 Å². The van der Waals surface area contributed by atoms with E-state index in [0.717, 1.165) is 17.7 Å². The average molecular weight is 397 g/mol. The quantitative estimate of drug-likeness (QED) is 0.767. The van der Waals surface area contributed by atoms with Crippen LogP contribution in [0.5, 0.6) is 0 Å². The van der Waals surface area contributed by atoms with E-state index in [2.05, 4.69) is 5.32 Å². The van der Waals surface area contributed by atoms with Gasteiger partial charge in [0.15, 0.2) is 0 Å². The molecule has 1 aliphatic heterocycles. The first-order valence-electron chi connectivity index (χ1n) is 8.22. The van der Waals surface area contributed by atoms with Gasteiger partial charge < -0.3 is 10.2 Å². The average Bonchev–Trinajstić information content (AvgIpc) is 2.98. The number of carbonyl (C=O) groups is 2. The van der Waals surface area contributed by atoms with Crippen molar-refractivity contribution in [3.63, 3.8) is 0 Å². The van der Waals surface area contributed by atoms with Crippen LogP contribution in [0.25, 0.3) is 0 Å². The summed E-state index contributed by atoms with van der Waals surface area (Å²) in [4.78, 5) is 26.6. The number of hydrogen-bond acceptors (Lipinski definition) is 2. The third kappa shape index (κ3) is 4.08. The zero-order chi connectivity index (χ0) is 19.8. The SMILES string of the molecule is Cc1ccc(Cl)cc1N1CC[C@@H](C(=O)Nc2ccc(C(F)(F)F)cc2)C1=O. The molecule has 8 heteroatoms.